The zero-order chi connectivity index (χ0) is 22.4. The summed E-state index contributed by atoms with van der Waals surface area (Å²) in [6.45, 7) is 4.20. The minimum Gasteiger partial charge on any atom is -0.343 e. The minimum absolute atomic E-state index is 0.206. The highest BCUT2D eigenvalue weighted by atomic mass is 35.5. The number of amides is 2. The number of carbonyl (C=O) groups excluding carboxylic acids is 2. The number of hydrazone groups is 2. The number of benzene rings is 2. The fourth-order valence-corrected chi connectivity index (χ4v) is 5.02. The second-order valence-electron chi connectivity index (χ2n) is 8.26. The molecule has 0 spiro atoms. The first-order chi connectivity index (χ1) is 15.5. The average molecular weight is 448 g/mol. The lowest BCUT2D eigenvalue weighted by molar-refractivity contribution is -0.124. The third kappa shape index (κ3) is 3.29. The van der Waals surface area contributed by atoms with Gasteiger partial charge in [-0.3, -0.25) is 9.59 Å². The summed E-state index contributed by atoms with van der Waals surface area (Å²) < 4.78 is 2.12. The van der Waals surface area contributed by atoms with E-state index in [0.717, 1.165) is 22.0 Å². The zero-order valence-corrected chi connectivity index (χ0v) is 18.4. The molecule has 0 bridgehead atoms. The molecule has 0 radical (unpaired) electrons. The van der Waals surface area contributed by atoms with Gasteiger partial charge in [-0.1, -0.05) is 48.0 Å². The van der Waals surface area contributed by atoms with Crippen LogP contribution in [0.15, 0.2) is 64.9 Å². The normalized spacial score (nSPS) is 21.3. The van der Waals surface area contributed by atoms with Gasteiger partial charge < -0.3 is 4.57 Å². The Morgan fingerprint density at radius 3 is 2.12 bits per heavy atom. The highest BCUT2D eigenvalue weighted by Gasteiger charge is 2.46. The van der Waals surface area contributed by atoms with Crippen LogP contribution in [0.2, 0.25) is 5.02 Å². The number of nitrogens with zero attached hydrogens (tertiary/aromatic N) is 3. The predicted octanol–water partition coefficient (Wildman–Crippen LogP) is 3.67. The fourth-order valence-electron chi connectivity index (χ4n) is 4.82. The van der Waals surface area contributed by atoms with Crippen molar-refractivity contribution in [3.63, 3.8) is 0 Å². The number of rotatable bonds is 5. The van der Waals surface area contributed by atoms with E-state index in [1.54, 1.807) is 0 Å². The van der Waals surface area contributed by atoms with Crippen LogP contribution >= 0.6 is 11.6 Å². The van der Waals surface area contributed by atoms with Gasteiger partial charge in [0.1, 0.15) is 0 Å². The zero-order valence-electron chi connectivity index (χ0n) is 17.7. The van der Waals surface area contributed by atoms with Crippen LogP contribution in [0.3, 0.4) is 0 Å². The smallest absolute Gasteiger partial charge is 0.249 e. The Bertz CT molecular complexity index is 1270. The molecule has 3 heterocycles. The minimum atomic E-state index is -0.562. The first-order valence-electron chi connectivity index (χ1n) is 10.4. The van der Waals surface area contributed by atoms with Crippen molar-refractivity contribution < 1.29 is 9.59 Å². The fraction of sp³-hybridized carbons (Fsp3) is 0.250. The molecule has 2 aliphatic rings. The number of nitrogens with one attached hydrogen (secondary N) is 2. The van der Waals surface area contributed by atoms with Crippen molar-refractivity contribution in [1.29, 1.82) is 0 Å². The quantitative estimate of drug-likeness (QED) is 0.625. The van der Waals surface area contributed by atoms with Crippen molar-refractivity contribution in [2.75, 3.05) is 0 Å². The molecule has 2 atom stereocenters. The number of aromatic nitrogens is 1. The van der Waals surface area contributed by atoms with E-state index in [9.17, 15) is 9.59 Å². The van der Waals surface area contributed by atoms with Crippen molar-refractivity contribution in [2.24, 2.45) is 22.0 Å². The monoisotopic (exact) mass is 447 g/mol. The third-order valence-electron chi connectivity index (χ3n) is 6.35. The molecule has 32 heavy (non-hydrogen) atoms. The van der Waals surface area contributed by atoms with E-state index in [1.807, 2.05) is 68.6 Å². The molecule has 7 nitrogen and oxygen atoms in total. The molecule has 8 heteroatoms. The maximum absolute atomic E-state index is 12.8. The standard InChI is InChI=1S/C24H22ClN5O2/c1-13-20(23(31)28-26-13)22(21-14(2)27-29-24(21)32)17-12-30(19-10-6-4-8-16(17)19)11-15-7-3-5-9-18(15)25/h3-10,12,20-22H,11H2,1-2H3,(H,28,31)(H,29,32). The van der Waals surface area contributed by atoms with Crippen LogP contribution in [0.4, 0.5) is 0 Å². The summed E-state index contributed by atoms with van der Waals surface area (Å²) in [4.78, 5) is 25.7. The summed E-state index contributed by atoms with van der Waals surface area (Å²) in [5.41, 5.74) is 9.40. The van der Waals surface area contributed by atoms with E-state index < -0.39 is 17.8 Å². The number of carbonyl (C=O) groups is 2. The second kappa shape index (κ2) is 7.91. The second-order valence-corrected chi connectivity index (χ2v) is 8.67. The molecule has 0 aliphatic carbocycles. The van der Waals surface area contributed by atoms with Crippen LogP contribution in [0.5, 0.6) is 0 Å². The van der Waals surface area contributed by atoms with Crippen molar-refractivity contribution in [3.8, 4) is 0 Å². The summed E-state index contributed by atoms with van der Waals surface area (Å²) in [6.07, 6.45) is 2.04. The van der Waals surface area contributed by atoms with Gasteiger partial charge in [-0.2, -0.15) is 10.2 Å². The molecule has 162 valence electrons. The molecular formula is C24H22ClN5O2. The Labute approximate surface area is 190 Å². The molecular weight excluding hydrogens is 426 g/mol. The molecule has 0 fully saturated rings. The molecule has 2 unspecified atom stereocenters. The molecule has 2 aliphatic heterocycles. The first kappa shape index (κ1) is 20.5. The first-order valence-corrected chi connectivity index (χ1v) is 10.8. The number of fused-ring (bicyclic) bond motifs is 1. The summed E-state index contributed by atoms with van der Waals surface area (Å²) >= 11 is 6.43. The van der Waals surface area contributed by atoms with E-state index in [4.69, 9.17) is 11.6 Å². The summed E-state index contributed by atoms with van der Waals surface area (Å²) in [6, 6.07) is 15.7. The van der Waals surface area contributed by atoms with Crippen LogP contribution in [-0.4, -0.2) is 27.8 Å². The van der Waals surface area contributed by atoms with E-state index in [2.05, 4.69) is 25.6 Å². The van der Waals surface area contributed by atoms with Crippen LogP contribution in [0, 0.1) is 11.8 Å². The number of hydrogen-bond acceptors (Lipinski definition) is 4. The van der Waals surface area contributed by atoms with Gasteiger partial charge in [0.25, 0.3) is 0 Å². The van der Waals surface area contributed by atoms with Gasteiger partial charge in [0, 0.05) is 46.0 Å². The Hall–Kier alpha value is -3.45. The van der Waals surface area contributed by atoms with Gasteiger partial charge in [-0.05, 0) is 37.1 Å². The van der Waals surface area contributed by atoms with Gasteiger partial charge >= 0.3 is 0 Å². The Morgan fingerprint density at radius 1 is 0.938 bits per heavy atom. The van der Waals surface area contributed by atoms with Crippen LogP contribution in [0.1, 0.15) is 30.9 Å². The molecule has 0 saturated carbocycles. The lowest BCUT2D eigenvalue weighted by atomic mass is 9.73. The molecule has 2 N–H and O–H groups in total. The number of halogens is 1. The summed E-state index contributed by atoms with van der Waals surface area (Å²) in [5.74, 6) is -1.97. The maximum Gasteiger partial charge on any atom is 0.249 e. The Balaban J connectivity index is 1.69. The predicted molar refractivity (Wildman–Crippen MR) is 125 cm³/mol. The van der Waals surface area contributed by atoms with E-state index in [1.165, 1.54) is 0 Å². The lowest BCUT2D eigenvalue weighted by Gasteiger charge is -2.26. The molecule has 5 rings (SSSR count). The SMILES string of the molecule is CC1=NNC(=O)C1C(c1cn(Cc2ccccc2Cl)c2ccccc12)C1C(=O)NN=C1C. The van der Waals surface area contributed by atoms with Gasteiger partial charge in [-0.15, -0.1) is 0 Å². The molecule has 2 amide bonds. The number of para-hydroxylation sites is 1. The van der Waals surface area contributed by atoms with E-state index >= 15 is 0 Å². The van der Waals surface area contributed by atoms with Crippen LogP contribution in [0.25, 0.3) is 10.9 Å². The highest BCUT2D eigenvalue weighted by molar-refractivity contribution is 6.31. The average Bonchev–Trinajstić information content (AvgIpc) is 3.42. The van der Waals surface area contributed by atoms with Crippen molar-refractivity contribution in [2.45, 2.75) is 26.3 Å². The van der Waals surface area contributed by atoms with Gasteiger partial charge in [0.2, 0.25) is 11.8 Å². The lowest BCUT2D eigenvalue weighted by Crippen LogP contribution is -2.38. The van der Waals surface area contributed by atoms with Crippen molar-refractivity contribution >= 4 is 45.7 Å². The largest absolute Gasteiger partial charge is 0.343 e. The Kier molecular flexibility index (Phi) is 5.06. The number of hydrogen-bond donors (Lipinski definition) is 2. The maximum atomic E-state index is 12.8. The van der Waals surface area contributed by atoms with E-state index in [-0.39, 0.29) is 11.8 Å². The van der Waals surface area contributed by atoms with Crippen molar-refractivity contribution in [1.82, 2.24) is 15.4 Å². The summed E-state index contributed by atoms with van der Waals surface area (Å²) in [7, 11) is 0. The molecule has 0 saturated heterocycles. The van der Waals surface area contributed by atoms with Gasteiger partial charge in [0.15, 0.2) is 0 Å². The Morgan fingerprint density at radius 2 is 1.53 bits per heavy atom. The highest BCUT2D eigenvalue weighted by Crippen LogP contribution is 2.41. The van der Waals surface area contributed by atoms with Crippen molar-refractivity contribution in [3.05, 3.63) is 70.9 Å². The summed E-state index contributed by atoms with van der Waals surface area (Å²) in [5, 5.41) is 9.99. The topological polar surface area (TPSA) is 87.8 Å². The van der Waals surface area contributed by atoms with Crippen LogP contribution in [-0.2, 0) is 16.1 Å². The molecule has 3 aromatic rings. The van der Waals surface area contributed by atoms with Crippen LogP contribution < -0.4 is 10.9 Å². The third-order valence-corrected chi connectivity index (χ3v) is 6.71. The van der Waals surface area contributed by atoms with Gasteiger partial charge in [-0.25, -0.2) is 10.9 Å². The van der Waals surface area contributed by atoms with E-state index in [0.29, 0.717) is 23.0 Å². The molecule has 2 aromatic carbocycles. The molecule has 1 aromatic heterocycles. The van der Waals surface area contributed by atoms with Gasteiger partial charge in [0.05, 0.1) is 11.8 Å².